The second-order valence-electron chi connectivity index (χ2n) is 22.3. The Morgan fingerprint density at radius 1 is 0.292 bits per heavy atom. The Morgan fingerprint density at radius 3 is 0.674 bits per heavy atom. The van der Waals surface area contributed by atoms with Crippen molar-refractivity contribution in [2.75, 3.05) is 60.0 Å². The van der Waals surface area contributed by atoms with Crippen LogP contribution in [0.2, 0.25) is 0 Å². The monoisotopic (exact) mass is 1310 g/mol. The molecule has 39 unspecified atom stereocenters. The quantitative estimate of drug-likeness (QED) is 0.0382. The summed E-state index contributed by atoms with van der Waals surface area (Å²) in [6.45, 7) is -6.88. The van der Waals surface area contributed by atoms with Gasteiger partial charge in [0.1, 0.15) is 189 Å². The number of rotatable bonds is 26. The summed E-state index contributed by atoms with van der Waals surface area (Å²) in [7, 11) is 1.18. The van der Waals surface area contributed by atoms with Crippen LogP contribution in [-0.2, 0) is 71.1 Å². The van der Waals surface area contributed by atoms with Crippen LogP contribution in [0.3, 0.4) is 0 Å². The first kappa shape index (κ1) is 74.8. The number of ether oxygens (including phenoxy) is 15. The standard InChI is InChI=1S/C49H86O40/c1-11(58)20(60)35(12(59)3-50)83-43-29(69)22(62)37(14(5-52)77-43)85-45-31(71)24(64)39(16(7-54)79-45)87-47-33(73)26(66)41(18(9-56)81-47)89-49-34(74)27(67)42(19(10-57)82-49)88-48-32(72)25(65)40(17(8-55)80-48)86-46-30(70)23(63)38(15(6-53)78-46)84-44-28(68)21(61)36(75-2)13(4-51)76-44/h11-74H,3-10H2,1-2H3. The lowest BCUT2D eigenvalue weighted by Gasteiger charge is -2.50. The molecule has 0 amide bonds. The maximum absolute atomic E-state index is 11.4. The van der Waals surface area contributed by atoms with Gasteiger partial charge in [0.05, 0.1) is 59.0 Å². The molecule has 7 saturated heterocycles. The van der Waals surface area contributed by atoms with Crippen LogP contribution in [0.5, 0.6) is 0 Å². The van der Waals surface area contributed by atoms with Crippen molar-refractivity contribution in [1.82, 2.24) is 0 Å². The Balaban J connectivity index is 0.939. The molecule has 0 aromatic rings. The molecule has 89 heavy (non-hydrogen) atoms. The molecule has 522 valence electrons. The highest BCUT2D eigenvalue weighted by Gasteiger charge is 2.59. The number of hydrogen-bond acceptors (Lipinski definition) is 40. The molecule has 0 aromatic heterocycles. The van der Waals surface area contributed by atoms with E-state index in [1.165, 1.54) is 7.11 Å². The van der Waals surface area contributed by atoms with Crippen LogP contribution < -0.4 is 0 Å². The van der Waals surface area contributed by atoms with Crippen LogP contribution in [0, 0.1) is 0 Å². The van der Waals surface area contributed by atoms with Crippen molar-refractivity contribution in [3.8, 4) is 0 Å². The Hall–Kier alpha value is -1.60. The first-order valence-corrected chi connectivity index (χ1v) is 28.3. The summed E-state index contributed by atoms with van der Waals surface area (Å²) < 4.78 is 83.7. The molecule has 0 radical (unpaired) electrons. The van der Waals surface area contributed by atoms with Crippen LogP contribution in [0.4, 0.5) is 0 Å². The van der Waals surface area contributed by atoms with Crippen molar-refractivity contribution in [2.24, 2.45) is 0 Å². The Bertz CT molecular complexity index is 2070. The third-order valence-electron chi connectivity index (χ3n) is 16.5. The predicted octanol–water partition coefficient (Wildman–Crippen LogP) is -17.1. The van der Waals surface area contributed by atoms with E-state index in [4.69, 9.17) is 71.1 Å². The number of aliphatic hydroxyl groups is 25. The third kappa shape index (κ3) is 16.0. The third-order valence-corrected chi connectivity index (χ3v) is 16.5. The van der Waals surface area contributed by atoms with Crippen molar-refractivity contribution >= 4 is 0 Å². The summed E-state index contributed by atoms with van der Waals surface area (Å²) in [6.07, 6.45) is -75.0. The van der Waals surface area contributed by atoms with E-state index in [1.807, 2.05) is 0 Å². The van der Waals surface area contributed by atoms with Gasteiger partial charge in [-0.25, -0.2) is 0 Å². The van der Waals surface area contributed by atoms with E-state index in [-0.39, 0.29) is 0 Å². The smallest absolute Gasteiger partial charge is 0.187 e. The van der Waals surface area contributed by atoms with Gasteiger partial charge in [-0.2, -0.15) is 0 Å². The number of methoxy groups -OCH3 is 1. The molecule has 39 atom stereocenters. The minimum Gasteiger partial charge on any atom is -0.394 e. The minimum absolute atomic E-state index is 0.717. The lowest BCUT2D eigenvalue weighted by Crippen LogP contribution is -2.68. The first-order chi connectivity index (χ1) is 42.2. The molecule has 7 heterocycles. The molecule has 0 bridgehead atoms. The molecular formula is C49H86O40. The molecule has 25 N–H and O–H groups in total. The molecule has 7 aliphatic rings. The van der Waals surface area contributed by atoms with Gasteiger partial charge in [-0.05, 0) is 6.92 Å². The van der Waals surface area contributed by atoms with Crippen molar-refractivity contribution in [3.05, 3.63) is 0 Å². The van der Waals surface area contributed by atoms with Gasteiger partial charge < -0.3 is 199 Å². The zero-order valence-electron chi connectivity index (χ0n) is 47.5. The number of aliphatic hydroxyl groups excluding tert-OH is 25. The zero-order valence-corrected chi connectivity index (χ0v) is 47.5. The molecular weight excluding hydrogens is 1230 g/mol. The van der Waals surface area contributed by atoms with Crippen LogP contribution in [0.15, 0.2) is 0 Å². The number of hydrogen-bond donors (Lipinski definition) is 25. The van der Waals surface area contributed by atoms with Crippen molar-refractivity contribution in [2.45, 2.75) is 246 Å². The van der Waals surface area contributed by atoms with Crippen LogP contribution in [0.25, 0.3) is 0 Å². The molecule has 0 spiro atoms. The zero-order chi connectivity index (χ0) is 65.8. The Labute approximate surface area is 504 Å². The maximum Gasteiger partial charge on any atom is 0.187 e. The molecule has 7 rings (SSSR count). The molecule has 0 aromatic carbocycles. The minimum atomic E-state index is -2.26. The molecule has 0 saturated carbocycles. The van der Waals surface area contributed by atoms with Crippen LogP contribution in [0.1, 0.15) is 6.92 Å². The van der Waals surface area contributed by atoms with E-state index >= 15 is 0 Å². The van der Waals surface area contributed by atoms with Crippen molar-refractivity contribution < 1.29 is 199 Å². The summed E-state index contributed by atoms with van der Waals surface area (Å²) in [5.74, 6) is 0. The summed E-state index contributed by atoms with van der Waals surface area (Å²) in [6, 6.07) is 0. The maximum atomic E-state index is 11.4. The van der Waals surface area contributed by atoms with Gasteiger partial charge in [-0.1, -0.05) is 0 Å². The highest BCUT2D eigenvalue weighted by atomic mass is 16.8. The van der Waals surface area contributed by atoms with Gasteiger partial charge in [-0.15, -0.1) is 0 Å². The van der Waals surface area contributed by atoms with Gasteiger partial charge in [0.2, 0.25) is 0 Å². The van der Waals surface area contributed by atoms with Crippen LogP contribution in [-0.4, -0.2) is 427 Å². The van der Waals surface area contributed by atoms with Gasteiger partial charge >= 0.3 is 0 Å². The summed E-state index contributed by atoms with van der Waals surface area (Å²) in [4.78, 5) is 0. The highest BCUT2D eigenvalue weighted by Crippen LogP contribution is 2.38. The Morgan fingerprint density at radius 2 is 0.483 bits per heavy atom. The average Bonchev–Trinajstić information content (AvgIpc) is 2.46. The molecule has 40 heteroatoms. The van der Waals surface area contributed by atoms with E-state index in [1.54, 1.807) is 0 Å². The summed E-state index contributed by atoms with van der Waals surface area (Å²) >= 11 is 0. The highest BCUT2D eigenvalue weighted by molar-refractivity contribution is 5.01. The fourth-order valence-corrected chi connectivity index (χ4v) is 11.3. The average molecular weight is 1320 g/mol. The predicted molar refractivity (Wildman–Crippen MR) is 270 cm³/mol. The van der Waals surface area contributed by atoms with Crippen molar-refractivity contribution in [3.63, 3.8) is 0 Å². The van der Waals surface area contributed by atoms with Gasteiger partial charge in [0.15, 0.2) is 44.0 Å². The van der Waals surface area contributed by atoms with Crippen LogP contribution >= 0.6 is 0 Å². The molecule has 0 aliphatic carbocycles. The lowest BCUT2D eigenvalue weighted by atomic mass is 9.95. The largest absolute Gasteiger partial charge is 0.394 e. The first-order valence-electron chi connectivity index (χ1n) is 28.3. The normalized spacial score (nSPS) is 49.9. The topological polar surface area (TPSA) is 644 Å². The van der Waals surface area contributed by atoms with Gasteiger partial charge in [0.25, 0.3) is 0 Å². The van der Waals surface area contributed by atoms with E-state index in [2.05, 4.69) is 0 Å². The van der Waals surface area contributed by atoms with E-state index in [9.17, 15) is 128 Å². The second-order valence-corrected chi connectivity index (χ2v) is 22.3. The molecule has 40 nitrogen and oxygen atoms in total. The van der Waals surface area contributed by atoms with E-state index in [0.29, 0.717) is 0 Å². The van der Waals surface area contributed by atoms with Gasteiger partial charge in [0, 0.05) is 7.11 Å². The molecule has 7 aliphatic heterocycles. The van der Waals surface area contributed by atoms with E-state index < -0.39 is 292 Å². The Kier molecular flexibility index (Phi) is 27.6. The fourth-order valence-electron chi connectivity index (χ4n) is 11.3. The second kappa shape index (κ2) is 32.9. The van der Waals surface area contributed by atoms with Gasteiger partial charge in [-0.3, -0.25) is 0 Å². The van der Waals surface area contributed by atoms with E-state index in [0.717, 1.165) is 6.92 Å². The molecule has 7 fully saturated rings. The summed E-state index contributed by atoms with van der Waals surface area (Å²) in [5, 5.41) is 267. The SMILES string of the molecule is COC1C(CO)OC(OC2C(CO)OC(OC3C(CO)OC(OC4C(CO)OC(OC5C(CO)OC(OC6C(CO)OC(OC7C(CO)OC(OC(C(O)CO)C(O)C(C)O)C(O)C7O)C(O)C6O)C(O)C5O)C(O)C4O)C(O)C3O)C(O)C2O)C(O)C1O. The summed E-state index contributed by atoms with van der Waals surface area (Å²) in [5.41, 5.74) is 0. The fraction of sp³-hybridized carbons (Fsp3) is 1.00. The van der Waals surface area contributed by atoms with Crippen molar-refractivity contribution in [1.29, 1.82) is 0 Å². The lowest BCUT2D eigenvalue weighted by molar-refractivity contribution is -0.398.